The number of halogens is 3. The molecule has 4 aliphatic carbocycles. The average Bonchev–Trinajstić information content (AvgIpc) is 3.09. The molecule has 194 valence electrons. The zero-order chi connectivity index (χ0) is 24.6. The molecule has 4 aliphatic rings. The van der Waals surface area contributed by atoms with Gasteiger partial charge in [-0.2, -0.15) is 13.2 Å². The molecule has 1 N–H and O–H groups in total. The summed E-state index contributed by atoms with van der Waals surface area (Å²) >= 11 is 0. The normalized spacial score (nSPS) is 43.7. The van der Waals surface area contributed by atoms with Gasteiger partial charge in [0, 0.05) is 0 Å². The molecule has 1 nitrogen and oxygen atoms in total. The van der Waals surface area contributed by atoms with Crippen molar-refractivity contribution < 1.29 is 18.3 Å². The number of fused-ring (bicyclic) bond motifs is 5. The second-order valence-corrected chi connectivity index (χ2v) is 12.8. The van der Waals surface area contributed by atoms with Gasteiger partial charge in [-0.15, -0.1) is 0 Å². The van der Waals surface area contributed by atoms with Crippen LogP contribution < -0.4 is 0 Å². The van der Waals surface area contributed by atoms with E-state index in [4.69, 9.17) is 0 Å². The maximum Gasteiger partial charge on any atom is 0.392 e. The predicted octanol–water partition coefficient (Wildman–Crippen LogP) is 9.04. The lowest BCUT2D eigenvalue weighted by molar-refractivity contribution is -0.209. The van der Waals surface area contributed by atoms with Crippen molar-refractivity contribution in [3.05, 3.63) is 0 Å². The molecule has 0 saturated heterocycles. The number of alkyl halides is 3. The van der Waals surface area contributed by atoms with Crippen LogP contribution in [0.2, 0.25) is 0 Å². The summed E-state index contributed by atoms with van der Waals surface area (Å²) in [4.78, 5) is 0. The van der Waals surface area contributed by atoms with E-state index in [1.807, 2.05) is 13.8 Å². The Bertz CT molecular complexity index is 631. The molecule has 0 spiro atoms. The third kappa shape index (κ3) is 5.17. The van der Waals surface area contributed by atoms with Crippen molar-refractivity contribution in [2.75, 3.05) is 0 Å². The molecule has 0 aromatic rings. The van der Waals surface area contributed by atoms with E-state index in [1.54, 1.807) is 0 Å². The molecule has 0 bridgehead atoms. The first-order valence-electron chi connectivity index (χ1n) is 14.2. The second kappa shape index (κ2) is 10.4. The molecule has 0 aliphatic heterocycles. The summed E-state index contributed by atoms with van der Waals surface area (Å²) in [6.45, 7) is 12.9. The molecular weight excluding hydrogens is 421 g/mol. The Morgan fingerprint density at radius 2 is 1.48 bits per heavy atom. The minimum atomic E-state index is -4.07. The molecule has 9 atom stereocenters. The summed E-state index contributed by atoms with van der Waals surface area (Å²) < 4.78 is 42.8. The van der Waals surface area contributed by atoms with Gasteiger partial charge < -0.3 is 5.11 Å². The van der Waals surface area contributed by atoms with Gasteiger partial charge in [0.15, 0.2) is 0 Å². The van der Waals surface area contributed by atoms with Gasteiger partial charge in [0.2, 0.25) is 0 Å². The van der Waals surface area contributed by atoms with Gasteiger partial charge in [-0.1, -0.05) is 54.4 Å². The quantitative estimate of drug-likeness (QED) is 0.423. The molecule has 8 unspecified atom stereocenters. The highest BCUT2D eigenvalue weighted by atomic mass is 19.4. The summed E-state index contributed by atoms with van der Waals surface area (Å²) in [6, 6.07) is 0. The Balaban J connectivity index is 0.00000149. The largest absolute Gasteiger partial charge is 0.393 e. The average molecular weight is 473 g/mol. The number of hydrogen-bond donors (Lipinski definition) is 1. The molecule has 4 rings (SSSR count). The highest BCUT2D eigenvalue weighted by Gasteiger charge is 2.63. The van der Waals surface area contributed by atoms with Crippen LogP contribution in [0.5, 0.6) is 0 Å². The summed E-state index contributed by atoms with van der Waals surface area (Å²) in [6.07, 6.45) is 6.87. The number of aliphatic hydroxyl groups is 1. The highest BCUT2D eigenvalue weighted by molar-refractivity contribution is 5.10. The van der Waals surface area contributed by atoms with Gasteiger partial charge in [0.1, 0.15) is 0 Å². The van der Waals surface area contributed by atoms with E-state index in [2.05, 4.69) is 27.7 Å². The van der Waals surface area contributed by atoms with Crippen LogP contribution in [0.1, 0.15) is 119 Å². The van der Waals surface area contributed by atoms with Crippen molar-refractivity contribution in [2.45, 2.75) is 131 Å². The fourth-order valence-electron chi connectivity index (χ4n) is 9.28. The van der Waals surface area contributed by atoms with Gasteiger partial charge >= 0.3 is 6.18 Å². The van der Waals surface area contributed by atoms with E-state index in [1.165, 1.54) is 12.8 Å². The fraction of sp³-hybridized carbons (Fsp3) is 1.00. The lowest BCUT2D eigenvalue weighted by Gasteiger charge is -2.61. The summed E-state index contributed by atoms with van der Waals surface area (Å²) in [5.74, 6) is 1.50. The molecule has 0 amide bonds. The van der Waals surface area contributed by atoms with E-state index in [-0.39, 0.29) is 17.4 Å². The lowest BCUT2D eigenvalue weighted by atomic mass is 9.44. The minimum absolute atomic E-state index is 0.141. The monoisotopic (exact) mass is 472 g/mol. The van der Waals surface area contributed by atoms with Crippen LogP contribution in [0.4, 0.5) is 13.2 Å². The first-order chi connectivity index (χ1) is 15.5. The molecule has 0 heterocycles. The third-order valence-corrected chi connectivity index (χ3v) is 10.9. The standard InChI is InChI=1S/C27H45F3O.C2H6/c1-17(2)6-5-7-24(27(28,29)30)23-11-10-21-20-9-8-18-16-19(31)12-14-25(18,3)22(20)13-15-26(21,23)4;1-2/h17-24,31H,5-16H2,1-4H3;1-2H3/t18-,19?,20?,21?,22?,23?,24?,25?,26?;/m0./s1. The topological polar surface area (TPSA) is 20.2 Å². The van der Waals surface area contributed by atoms with Crippen molar-refractivity contribution >= 4 is 0 Å². The van der Waals surface area contributed by atoms with E-state index in [0.717, 1.165) is 51.4 Å². The van der Waals surface area contributed by atoms with Crippen molar-refractivity contribution in [2.24, 2.45) is 52.3 Å². The zero-order valence-corrected chi connectivity index (χ0v) is 22.2. The Kier molecular flexibility index (Phi) is 8.61. The van der Waals surface area contributed by atoms with Crippen LogP contribution in [0.25, 0.3) is 0 Å². The number of hydrogen-bond acceptors (Lipinski definition) is 1. The summed E-state index contributed by atoms with van der Waals surface area (Å²) in [5, 5.41) is 10.2. The first-order valence-corrected chi connectivity index (χ1v) is 14.2. The van der Waals surface area contributed by atoms with Gasteiger partial charge in [0.25, 0.3) is 0 Å². The van der Waals surface area contributed by atoms with Gasteiger partial charge in [-0.25, -0.2) is 0 Å². The molecule has 0 aromatic carbocycles. The van der Waals surface area contributed by atoms with E-state index >= 15 is 0 Å². The maximum absolute atomic E-state index is 14.3. The van der Waals surface area contributed by atoms with Crippen LogP contribution in [-0.2, 0) is 0 Å². The maximum atomic E-state index is 14.3. The van der Waals surface area contributed by atoms with Crippen molar-refractivity contribution in [3.8, 4) is 0 Å². The van der Waals surface area contributed by atoms with Gasteiger partial charge in [-0.3, -0.25) is 0 Å². The Labute approximate surface area is 201 Å². The summed E-state index contributed by atoms with van der Waals surface area (Å²) in [7, 11) is 0. The Hall–Kier alpha value is -0.250. The summed E-state index contributed by atoms with van der Waals surface area (Å²) in [5.41, 5.74) is 0.152. The molecule has 4 heteroatoms. The molecule has 0 aromatic heterocycles. The van der Waals surface area contributed by atoms with E-state index < -0.39 is 12.1 Å². The van der Waals surface area contributed by atoms with Crippen LogP contribution in [0.3, 0.4) is 0 Å². The highest BCUT2D eigenvalue weighted by Crippen LogP contribution is 2.69. The smallest absolute Gasteiger partial charge is 0.392 e. The van der Waals surface area contributed by atoms with Crippen molar-refractivity contribution in [1.82, 2.24) is 0 Å². The van der Waals surface area contributed by atoms with E-state index in [9.17, 15) is 18.3 Å². The van der Waals surface area contributed by atoms with Crippen LogP contribution in [0, 0.1) is 52.3 Å². The van der Waals surface area contributed by atoms with Crippen LogP contribution in [-0.4, -0.2) is 17.4 Å². The zero-order valence-electron chi connectivity index (χ0n) is 22.2. The lowest BCUT2D eigenvalue weighted by Crippen LogP contribution is -2.54. The second-order valence-electron chi connectivity index (χ2n) is 12.8. The number of rotatable bonds is 5. The number of aliphatic hydroxyl groups excluding tert-OH is 1. The molecule has 4 fully saturated rings. The Morgan fingerprint density at radius 3 is 2.12 bits per heavy atom. The molecular formula is C29H51F3O. The van der Waals surface area contributed by atoms with Gasteiger partial charge in [0.05, 0.1) is 12.0 Å². The van der Waals surface area contributed by atoms with Gasteiger partial charge in [-0.05, 0) is 111 Å². The van der Waals surface area contributed by atoms with Crippen LogP contribution in [0.15, 0.2) is 0 Å². The predicted molar refractivity (Wildman–Crippen MR) is 131 cm³/mol. The Morgan fingerprint density at radius 1 is 0.848 bits per heavy atom. The van der Waals surface area contributed by atoms with Crippen LogP contribution >= 0.6 is 0 Å². The molecule has 0 radical (unpaired) electrons. The minimum Gasteiger partial charge on any atom is -0.393 e. The van der Waals surface area contributed by atoms with Crippen molar-refractivity contribution in [1.29, 1.82) is 0 Å². The third-order valence-electron chi connectivity index (χ3n) is 10.9. The first kappa shape index (κ1) is 27.3. The molecule has 33 heavy (non-hydrogen) atoms. The fourth-order valence-corrected chi connectivity index (χ4v) is 9.28. The van der Waals surface area contributed by atoms with E-state index in [0.29, 0.717) is 47.8 Å². The SMILES string of the molecule is CC.CC(C)CCCC(C1CCC2C3CC[C@H]4CC(O)CCC4(C)C3CCC21C)C(F)(F)F. The molecule has 4 saturated carbocycles. The van der Waals surface area contributed by atoms with Crippen molar-refractivity contribution in [3.63, 3.8) is 0 Å².